The molecule has 0 fully saturated rings. The zero-order valence-corrected chi connectivity index (χ0v) is 9.81. The van der Waals surface area contributed by atoms with Gasteiger partial charge in [-0.1, -0.05) is 6.07 Å². The molecule has 0 saturated carbocycles. The third kappa shape index (κ3) is 1.89. The first-order chi connectivity index (χ1) is 6.81. The molecule has 0 aliphatic rings. The Bertz CT molecular complexity index is 396. The second-order valence-electron chi connectivity index (χ2n) is 2.92. The predicted molar refractivity (Wildman–Crippen MR) is 61.5 cm³/mol. The first-order valence-corrected chi connectivity index (χ1v) is 5.92. The average Bonchev–Trinajstić information content (AvgIpc) is 2.79. The number of nitrogens with one attached hydrogen (secondary N) is 1. The fraction of sp³-hybridized carbons (Fsp3) is 0.222. The molecule has 0 saturated heterocycles. The summed E-state index contributed by atoms with van der Waals surface area (Å²) in [7, 11) is 0. The monoisotopic (exact) mass is 271 g/mol. The highest BCUT2D eigenvalue weighted by Crippen LogP contribution is 2.25. The van der Waals surface area contributed by atoms with Crippen LogP contribution in [0.25, 0.3) is 0 Å². The first kappa shape index (κ1) is 9.89. The van der Waals surface area contributed by atoms with Gasteiger partial charge in [0.25, 0.3) is 0 Å². The smallest absolute Gasteiger partial charge is 0.116 e. The third-order valence-corrected chi connectivity index (χ3v) is 3.41. The van der Waals surface area contributed by atoms with Crippen molar-refractivity contribution < 1.29 is 0 Å². The van der Waals surface area contributed by atoms with Crippen LogP contribution in [0.2, 0.25) is 0 Å². The van der Waals surface area contributed by atoms with Crippen molar-refractivity contribution in [1.29, 1.82) is 0 Å². The maximum Gasteiger partial charge on any atom is 0.116 e. The molecular weight excluding hydrogens is 262 g/mol. The van der Waals surface area contributed by atoms with Crippen LogP contribution >= 0.6 is 27.3 Å². The molecule has 2 aromatic heterocycles. The van der Waals surface area contributed by atoms with Gasteiger partial charge in [-0.15, -0.1) is 11.3 Å². The Morgan fingerprint density at radius 3 is 3.00 bits per heavy atom. The van der Waals surface area contributed by atoms with Crippen molar-refractivity contribution in [2.45, 2.75) is 5.92 Å². The molecule has 2 aromatic rings. The van der Waals surface area contributed by atoms with Gasteiger partial charge in [-0.05, 0) is 27.4 Å². The molecule has 2 rings (SSSR count). The Morgan fingerprint density at radius 1 is 1.64 bits per heavy atom. The second kappa shape index (κ2) is 4.25. The summed E-state index contributed by atoms with van der Waals surface area (Å²) in [5.41, 5.74) is 5.74. The lowest BCUT2D eigenvalue weighted by Crippen LogP contribution is -2.13. The number of rotatable bonds is 3. The van der Waals surface area contributed by atoms with E-state index in [-0.39, 0.29) is 5.92 Å². The predicted octanol–water partition coefficient (Wildman–Crippen LogP) is 2.32. The van der Waals surface area contributed by atoms with E-state index >= 15 is 0 Å². The minimum Gasteiger partial charge on any atom is -0.336 e. The van der Waals surface area contributed by atoms with E-state index in [1.165, 1.54) is 4.88 Å². The largest absolute Gasteiger partial charge is 0.336 e. The molecule has 3 nitrogen and oxygen atoms in total. The molecule has 0 aromatic carbocycles. The number of halogens is 1. The molecule has 0 aliphatic carbocycles. The van der Waals surface area contributed by atoms with Crippen LogP contribution in [0.15, 0.2) is 28.3 Å². The van der Waals surface area contributed by atoms with Crippen molar-refractivity contribution >= 4 is 27.3 Å². The number of aromatic amines is 1. The van der Waals surface area contributed by atoms with Crippen LogP contribution < -0.4 is 5.73 Å². The van der Waals surface area contributed by atoms with Gasteiger partial charge < -0.3 is 10.7 Å². The number of nitrogens with zero attached hydrogens (tertiary/aromatic N) is 1. The summed E-state index contributed by atoms with van der Waals surface area (Å²) >= 11 is 5.04. The van der Waals surface area contributed by atoms with Crippen molar-refractivity contribution in [2.24, 2.45) is 5.73 Å². The van der Waals surface area contributed by atoms with Gasteiger partial charge in [-0.25, -0.2) is 4.98 Å². The Hall–Kier alpha value is -0.650. The maximum absolute atomic E-state index is 5.74. The fourth-order valence-electron chi connectivity index (χ4n) is 1.34. The molecule has 1 atom stereocenters. The van der Waals surface area contributed by atoms with Crippen molar-refractivity contribution in [3.05, 3.63) is 39.0 Å². The van der Waals surface area contributed by atoms with Crippen LogP contribution in [0.4, 0.5) is 0 Å². The van der Waals surface area contributed by atoms with Gasteiger partial charge in [0.05, 0.1) is 12.1 Å². The van der Waals surface area contributed by atoms with E-state index in [4.69, 9.17) is 5.73 Å². The summed E-state index contributed by atoms with van der Waals surface area (Å²) in [6, 6.07) is 4.11. The summed E-state index contributed by atoms with van der Waals surface area (Å²) in [6.07, 6.45) is 1.76. The summed E-state index contributed by atoms with van der Waals surface area (Å²) in [5.74, 6) is 1.10. The van der Waals surface area contributed by atoms with Gasteiger partial charge in [0, 0.05) is 11.4 Å². The van der Waals surface area contributed by atoms with Crippen LogP contribution in [0.5, 0.6) is 0 Å². The molecule has 2 heterocycles. The number of H-pyrrole nitrogens is 1. The van der Waals surface area contributed by atoms with E-state index in [1.807, 2.05) is 6.07 Å². The van der Waals surface area contributed by atoms with Crippen molar-refractivity contribution in [3.63, 3.8) is 0 Å². The molecule has 5 heteroatoms. The highest BCUT2D eigenvalue weighted by Gasteiger charge is 2.16. The number of hydrogen-bond donors (Lipinski definition) is 2. The van der Waals surface area contributed by atoms with E-state index in [0.717, 1.165) is 10.4 Å². The lowest BCUT2D eigenvalue weighted by molar-refractivity contribution is 0.777. The zero-order valence-electron chi connectivity index (χ0n) is 7.40. The summed E-state index contributed by atoms with van der Waals surface area (Å²) < 4.78 is 0.891. The zero-order chi connectivity index (χ0) is 9.97. The quantitative estimate of drug-likeness (QED) is 0.901. The van der Waals surface area contributed by atoms with Crippen LogP contribution in [-0.4, -0.2) is 16.5 Å². The normalized spacial score (nSPS) is 13.0. The van der Waals surface area contributed by atoms with Gasteiger partial charge in [-0.2, -0.15) is 0 Å². The molecular formula is C9H10BrN3S. The van der Waals surface area contributed by atoms with Gasteiger partial charge in [0.15, 0.2) is 0 Å². The molecule has 0 bridgehead atoms. The molecule has 3 N–H and O–H groups in total. The van der Waals surface area contributed by atoms with Gasteiger partial charge in [-0.3, -0.25) is 0 Å². The highest BCUT2D eigenvalue weighted by molar-refractivity contribution is 9.10. The van der Waals surface area contributed by atoms with Gasteiger partial charge >= 0.3 is 0 Å². The molecule has 0 spiro atoms. The lowest BCUT2D eigenvalue weighted by Gasteiger charge is -2.08. The maximum atomic E-state index is 5.74. The Labute approximate surface area is 94.5 Å². The molecule has 0 aliphatic heterocycles. The van der Waals surface area contributed by atoms with E-state index < -0.39 is 0 Å². The number of thiophene rings is 1. The first-order valence-electron chi connectivity index (χ1n) is 4.25. The van der Waals surface area contributed by atoms with Crippen molar-refractivity contribution in [3.8, 4) is 0 Å². The number of hydrogen-bond acceptors (Lipinski definition) is 3. The summed E-state index contributed by atoms with van der Waals surface area (Å²) in [5, 5.41) is 2.05. The van der Waals surface area contributed by atoms with Crippen LogP contribution in [0.1, 0.15) is 16.6 Å². The second-order valence-corrected chi connectivity index (χ2v) is 4.75. The standard InChI is InChI=1S/C9H10BrN3S/c10-8-5-12-9(13-8)6(4-11)7-2-1-3-14-7/h1-3,5-6H,4,11H2,(H,12,13). The Morgan fingerprint density at radius 2 is 2.50 bits per heavy atom. The third-order valence-electron chi connectivity index (χ3n) is 2.02. The number of aromatic nitrogens is 2. The molecule has 1 unspecified atom stereocenters. The molecule has 14 heavy (non-hydrogen) atoms. The van der Waals surface area contributed by atoms with E-state index in [9.17, 15) is 0 Å². The minimum absolute atomic E-state index is 0.182. The van der Waals surface area contributed by atoms with Crippen molar-refractivity contribution in [1.82, 2.24) is 9.97 Å². The number of imidazole rings is 1. The van der Waals surface area contributed by atoms with E-state index in [0.29, 0.717) is 6.54 Å². The van der Waals surface area contributed by atoms with Crippen LogP contribution in [-0.2, 0) is 0 Å². The fourth-order valence-corrected chi connectivity index (χ4v) is 2.49. The van der Waals surface area contributed by atoms with E-state index in [1.54, 1.807) is 17.5 Å². The lowest BCUT2D eigenvalue weighted by atomic mass is 10.1. The Balaban J connectivity index is 2.31. The summed E-state index contributed by atoms with van der Waals surface area (Å²) in [6.45, 7) is 0.570. The van der Waals surface area contributed by atoms with Crippen LogP contribution in [0, 0.1) is 0 Å². The van der Waals surface area contributed by atoms with Gasteiger partial charge in [0.2, 0.25) is 0 Å². The topological polar surface area (TPSA) is 54.7 Å². The van der Waals surface area contributed by atoms with Crippen molar-refractivity contribution in [2.75, 3.05) is 6.54 Å². The average molecular weight is 272 g/mol. The summed E-state index contributed by atoms with van der Waals surface area (Å²) in [4.78, 5) is 8.66. The molecule has 0 radical (unpaired) electrons. The number of nitrogens with two attached hydrogens (primary N) is 1. The minimum atomic E-state index is 0.182. The molecule has 74 valence electrons. The Kier molecular flexibility index (Phi) is 3.00. The van der Waals surface area contributed by atoms with E-state index in [2.05, 4.69) is 37.3 Å². The highest BCUT2D eigenvalue weighted by atomic mass is 79.9. The van der Waals surface area contributed by atoms with Gasteiger partial charge in [0.1, 0.15) is 10.4 Å². The van der Waals surface area contributed by atoms with Crippen LogP contribution in [0.3, 0.4) is 0 Å². The SMILES string of the molecule is NCC(c1ncc(Br)[nH]1)c1cccs1. The molecule has 0 amide bonds.